The van der Waals surface area contributed by atoms with Crippen molar-refractivity contribution in [3.05, 3.63) is 443 Å². The molecule has 14 aromatic heterocycles. The van der Waals surface area contributed by atoms with Gasteiger partial charge in [0.25, 0.3) is 0 Å². The highest BCUT2D eigenvalue weighted by Gasteiger charge is 2.29. The van der Waals surface area contributed by atoms with Crippen LogP contribution in [0, 0.1) is 0 Å². The Morgan fingerprint density at radius 2 is 0.633 bits per heavy atom. The Hall–Kier alpha value is -18.5. The van der Waals surface area contributed by atoms with Gasteiger partial charge in [-0.05, 0) is 156 Å². The van der Waals surface area contributed by atoms with E-state index in [-0.39, 0.29) is 0 Å². The summed E-state index contributed by atoms with van der Waals surface area (Å²) in [5.41, 5.74) is 29.6. The van der Waals surface area contributed by atoms with E-state index in [0.717, 1.165) is 88.5 Å². The summed E-state index contributed by atoms with van der Waals surface area (Å²) in [6.45, 7) is 0. The van der Waals surface area contributed by atoms with Crippen LogP contribution in [0.3, 0.4) is 0 Å². The van der Waals surface area contributed by atoms with Crippen LogP contribution >= 0.6 is 56.7 Å². The smallest absolute Gasteiger partial charge is 0.236 e. The highest BCUT2D eigenvalue weighted by Crippen LogP contribution is 2.53. The van der Waals surface area contributed by atoms with E-state index in [2.05, 4.69) is 435 Å². The molecule has 0 saturated heterocycles. The maximum Gasteiger partial charge on any atom is 0.236 e. The van der Waals surface area contributed by atoms with Gasteiger partial charge in [0.05, 0.1) is 79.7 Å². The van der Waals surface area contributed by atoms with Crippen molar-refractivity contribution in [2.45, 2.75) is 0 Å². The molecule has 16 heteroatoms. The number of aromatic nitrogens is 10. The zero-order chi connectivity index (χ0) is 97.8. The van der Waals surface area contributed by atoms with E-state index < -0.39 is 0 Å². The second-order valence-corrected chi connectivity index (χ2v) is 44.4. The van der Waals surface area contributed by atoms with E-state index in [1.54, 1.807) is 11.3 Å². The van der Waals surface area contributed by atoms with Gasteiger partial charge < -0.3 is 28.5 Å². The van der Waals surface area contributed by atoms with Crippen molar-refractivity contribution < 1.29 is 4.42 Å². The predicted octanol–water partition coefficient (Wildman–Crippen LogP) is 38.9. The second-order valence-electron chi connectivity index (χ2n) is 39.1. The number of hydrogen-bond acceptors (Lipinski definition) is 10. The molecule has 0 fully saturated rings. The fourth-order valence-corrected chi connectivity index (χ4v) is 30.0. The topological polar surface area (TPSA) is 127 Å². The van der Waals surface area contributed by atoms with Gasteiger partial charge in [-0.2, -0.15) is 0 Å². The molecule has 35 rings (SSSR count). The highest BCUT2D eigenvalue weighted by atomic mass is 32.1. The van der Waals surface area contributed by atoms with Gasteiger partial charge in [0, 0.05) is 191 Å². The minimum atomic E-state index is 0.627. The molecule has 0 unspecified atom stereocenters. The van der Waals surface area contributed by atoms with Crippen molar-refractivity contribution in [2.75, 3.05) is 0 Å². The van der Waals surface area contributed by atoms with E-state index in [9.17, 15) is 0 Å². The molecule has 0 radical (unpaired) electrons. The van der Waals surface area contributed by atoms with Gasteiger partial charge in [0.2, 0.25) is 5.95 Å². The second kappa shape index (κ2) is 32.5. The molecule has 35 aromatic rings. The lowest BCUT2D eigenvalue weighted by molar-refractivity contribution is 0.666. The average Bonchev–Trinajstić information content (AvgIpc) is 1.55. The fraction of sp³-hybridized carbons (Fsp3) is 0. The summed E-state index contributed by atoms with van der Waals surface area (Å²) in [5, 5.41) is 27.7. The normalized spacial score (nSPS) is 12.3. The van der Waals surface area contributed by atoms with E-state index >= 15 is 0 Å². The number of fused-ring (bicyclic) bond motifs is 39. The highest BCUT2D eigenvalue weighted by molar-refractivity contribution is 7.28. The summed E-state index contributed by atoms with van der Waals surface area (Å²) in [5.74, 6) is 1.36. The van der Waals surface area contributed by atoms with Crippen molar-refractivity contribution in [3.8, 4) is 73.5 Å². The lowest BCUT2D eigenvalue weighted by Crippen LogP contribution is -2.02. The van der Waals surface area contributed by atoms with Gasteiger partial charge in [0.15, 0.2) is 11.4 Å². The molecule has 0 amide bonds. The van der Waals surface area contributed by atoms with Crippen LogP contribution in [0.5, 0.6) is 0 Å². The average molecular weight is 2000 g/mol. The van der Waals surface area contributed by atoms with Crippen LogP contribution in [0.15, 0.2) is 447 Å². The Kier molecular flexibility index (Phi) is 18.1. The Labute approximate surface area is 872 Å². The third kappa shape index (κ3) is 12.6. The molecular weight excluding hydrogens is 1930 g/mol. The molecule has 0 spiro atoms. The van der Waals surface area contributed by atoms with Gasteiger partial charge in [-0.15, -0.1) is 56.7 Å². The zero-order valence-electron chi connectivity index (χ0n) is 79.7. The molecule has 11 nitrogen and oxygen atoms in total. The van der Waals surface area contributed by atoms with E-state index in [0.29, 0.717) is 11.5 Å². The number of nitrogens with one attached hydrogen (secondary N) is 3. The molecule has 0 atom stereocenters. The van der Waals surface area contributed by atoms with Crippen LogP contribution in [0.2, 0.25) is 0 Å². The maximum atomic E-state index is 6.40. The van der Waals surface area contributed by atoms with Gasteiger partial charge >= 0.3 is 0 Å². The molecule has 14 heterocycles. The van der Waals surface area contributed by atoms with Crippen molar-refractivity contribution in [2.24, 2.45) is 0 Å². The molecule has 0 aliphatic carbocycles. The standard InChI is InChI=1S/C52H30N4S2.C42H24N2S2.C40H22N4OS/c1-2-11-31(12-3-1)47-51-49(39-17-6-9-20-45(39)57-51)55-52(54-47)32-23-21-30(22-24-32)33-13-10-14-34(27-33)56-43-19-8-5-16-36(43)40-28-41-38-26-25-37-35-15-4-7-18-42(35)53-48(37)50(38)58-46(41)29-44(40)56;1-2-10-25(11-3-1)44-35-16-8-5-12-26(35)31-22-32-33-21-30(24-18-19-28-27-13-6-9-17-37(27)45-38(28)20-24)40-29-14-4-7-15-34(29)43-41(40)42(33)46-39(32)23-36(31)44;1-2-10-22(11-3-1)35-38-36(27-14-6-9-17-33(27)45-38)43-40(42-35)44-31-16-8-5-13-24(31)28-20-29-26-19-18-25-23-12-4-7-15-30(23)41-37(25)39(26)46-34(29)21-32(28)44/h1-29,53H;1-23,43H;1-21,41H. The molecule has 0 aliphatic heterocycles. The Morgan fingerprint density at radius 1 is 0.207 bits per heavy atom. The molecule has 21 aromatic carbocycles. The molecular formula is C134H76N10OS5. The minimum Gasteiger partial charge on any atom is -0.452 e. The molecule has 0 aliphatic rings. The lowest BCUT2D eigenvalue weighted by atomic mass is 9.96. The largest absolute Gasteiger partial charge is 0.452 e. The minimum absolute atomic E-state index is 0.627. The Morgan fingerprint density at radius 3 is 1.25 bits per heavy atom. The van der Waals surface area contributed by atoms with Gasteiger partial charge in [-0.1, -0.05) is 309 Å². The molecule has 3 N–H and O–H groups in total. The number of benzene rings is 21. The predicted molar refractivity (Wildman–Crippen MR) is 641 cm³/mol. The van der Waals surface area contributed by atoms with Gasteiger partial charge in [-0.25, -0.2) is 19.9 Å². The quantitative estimate of drug-likeness (QED) is 0.140. The van der Waals surface area contributed by atoms with Crippen LogP contribution in [0.25, 0.3) is 327 Å². The first-order valence-electron chi connectivity index (χ1n) is 50.4. The van der Waals surface area contributed by atoms with Gasteiger partial charge in [0.1, 0.15) is 16.8 Å². The van der Waals surface area contributed by atoms with E-state index in [4.69, 9.17) is 24.4 Å². The van der Waals surface area contributed by atoms with Crippen LogP contribution in [0.4, 0.5) is 0 Å². The third-order valence-electron chi connectivity index (χ3n) is 30.8. The number of nitrogens with zero attached hydrogens (tertiary/aromatic N) is 7. The van der Waals surface area contributed by atoms with Crippen molar-refractivity contribution in [1.29, 1.82) is 0 Å². The van der Waals surface area contributed by atoms with Crippen molar-refractivity contribution in [1.82, 2.24) is 48.6 Å². The number of thiophene rings is 5. The monoisotopic (exact) mass is 2000 g/mol. The van der Waals surface area contributed by atoms with Gasteiger partial charge in [-0.3, -0.25) is 4.57 Å². The number of hydrogen-bond donors (Lipinski definition) is 3. The zero-order valence-corrected chi connectivity index (χ0v) is 83.8. The summed E-state index contributed by atoms with van der Waals surface area (Å²) >= 11 is 9.27. The summed E-state index contributed by atoms with van der Waals surface area (Å²) in [6.07, 6.45) is 0. The van der Waals surface area contributed by atoms with Crippen molar-refractivity contribution >= 4 is 311 Å². The summed E-state index contributed by atoms with van der Waals surface area (Å²) in [7, 11) is 0. The van der Waals surface area contributed by atoms with E-state index in [1.807, 2.05) is 81.7 Å². The SMILES string of the molecule is c1ccc(-c2nc(-c3ccc(-c4cccc(-n5c6ccccc6c6cc7c(cc65)sc5c7ccc6c7ccccc7[nH]c65)c4)cc3)nc3c2sc2ccccc23)cc1.c1ccc(-c2nc(-n3c4ccccc4c4cc5c(cc43)sc3c5ccc4c5ccccc5[nH]c43)nc3c2oc2ccccc23)cc1.c1ccc(-n2c3ccccc3c3cc4c(cc32)sc2c4cc(-c3ccc4c(c3)sc3ccccc34)c3c4ccccc4[nH]c23)cc1. The molecule has 0 bridgehead atoms. The number of rotatable bonds is 8. The summed E-state index contributed by atoms with van der Waals surface area (Å²) in [4.78, 5) is 32.2. The molecule has 150 heavy (non-hydrogen) atoms. The first-order valence-corrected chi connectivity index (χ1v) is 54.5. The molecule has 698 valence electrons. The fourth-order valence-electron chi connectivity index (χ4n) is 24.0. The van der Waals surface area contributed by atoms with Crippen LogP contribution in [-0.2, 0) is 0 Å². The summed E-state index contributed by atoms with van der Waals surface area (Å²) in [6, 6.07) is 160. The van der Waals surface area contributed by atoms with Crippen LogP contribution in [-0.4, -0.2) is 48.6 Å². The van der Waals surface area contributed by atoms with Crippen molar-refractivity contribution in [3.63, 3.8) is 0 Å². The number of para-hydroxylation sites is 8. The Balaban J connectivity index is 0.0000000984. The van der Waals surface area contributed by atoms with E-state index in [1.165, 1.54) is 227 Å². The number of H-pyrrole nitrogens is 3. The number of aromatic amines is 3. The Bertz CT molecular complexity index is 12000. The lowest BCUT2D eigenvalue weighted by Gasteiger charge is -2.11. The first-order chi connectivity index (χ1) is 74.3. The number of furan rings is 1. The third-order valence-corrected chi connectivity index (χ3v) is 36.7. The maximum absolute atomic E-state index is 6.40. The van der Waals surface area contributed by atoms with Crippen LogP contribution < -0.4 is 0 Å². The molecule has 0 saturated carbocycles. The van der Waals surface area contributed by atoms with Crippen LogP contribution in [0.1, 0.15) is 0 Å². The first kappa shape index (κ1) is 83.8. The summed E-state index contributed by atoms with van der Waals surface area (Å²) < 4.78 is 26.2.